The fourth-order valence-corrected chi connectivity index (χ4v) is 4.68. The van der Waals surface area contributed by atoms with Crippen molar-refractivity contribution >= 4 is 33.7 Å². The number of aromatic nitrogens is 6. The Kier molecular flexibility index (Phi) is 4.85. The van der Waals surface area contributed by atoms with Crippen LogP contribution in [0.15, 0.2) is 46.5 Å². The van der Waals surface area contributed by atoms with Gasteiger partial charge in [0.05, 0.1) is 28.4 Å². The van der Waals surface area contributed by atoms with Crippen molar-refractivity contribution in [2.45, 2.75) is 25.2 Å². The summed E-state index contributed by atoms with van der Waals surface area (Å²) in [5, 5.41) is 7.91. The van der Waals surface area contributed by atoms with Crippen molar-refractivity contribution in [1.29, 1.82) is 0 Å². The maximum Gasteiger partial charge on any atom is 0.334 e. The molecule has 162 valence electrons. The van der Waals surface area contributed by atoms with Gasteiger partial charge in [-0.15, -0.1) is 11.8 Å². The molecule has 32 heavy (non-hydrogen) atoms. The topological polar surface area (TPSA) is 81.4 Å². The molecule has 0 aliphatic heterocycles. The van der Waals surface area contributed by atoms with Gasteiger partial charge in [-0.2, -0.15) is 5.10 Å². The van der Waals surface area contributed by atoms with Crippen LogP contribution in [0, 0.1) is 12.7 Å². The summed E-state index contributed by atoms with van der Waals surface area (Å²) >= 11 is 1.61. The molecule has 1 aromatic carbocycles. The predicted octanol–water partition coefficient (Wildman–Crippen LogP) is 4.39. The summed E-state index contributed by atoms with van der Waals surface area (Å²) < 4.78 is 17.9. The lowest BCUT2D eigenvalue weighted by molar-refractivity contribution is 0.605. The van der Waals surface area contributed by atoms with Gasteiger partial charge in [0, 0.05) is 35.3 Å². The number of aromatic amines is 1. The second kappa shape index (κ2) is 7.59. The monoisotopic (exact) mass is 448 g/mol. The zero-order chi connectivity index (χ0) is 22.6. The number of nitrogens with zero attached hydrogens (tertiary/aromatic N) is 5. The van der Waals surface area contributed by atoms with Crippen molar-refractivity contribution in [1.82, 2.24) is 29.3 Å². The number of nitrogens with one attached hydrogen (secondary N) is 1. The highest BCUT2D eigenvalue weighted by Gasteiger charge is 2.21. The second-order valence-corrected chi connectivity index (χ2v) is 8.47. The number of imidazole rings is 1. The first-order chi connectivity index (χ1) is 15.4. The zero-order valence-electron chi connectivity index (χ0n) is 18.1. The summed E-state index contributed by atoms with van der Waals surface area (Å²) in [6.45, 7) is 3.87. The highest BCUT2D eigenvalue weighted by Crippen LogP contribution is 2.37. The van der Waals surface area contributed by atoms with Gasteiger partial charge in [0.1, 0.15) is 0 Å². The number of benzene rings is 1. The summed E-state index contributed by atoms with van der Waals surface area (Å²) in [5.74, 6) is -0.546. The molecule has 0 aliphatic rings. The zero-order valence-corrected chi connectivity index (χ0v) is 18.9. The number of rotatable bonds is 4. The molecule has 0 radical (unpaired) electrons. The van der Waals surface area contributed by atoms with Crippen LogP contribution < -0.4 is 5.69 Å². The SMILES string of the molecule is CCc1cnc(-n2c(=O)n(C)c3cnc4cc(SC)c(-c5c[nH]nc5C)cc4c32)c(F)c1. The molecular formula is C23H21FN6OS. The van der Waals surface area contributed by atoms with E-state index >= 15 is 4.39 Å². The normalized spacial score (nSPS) is 11.7. The van der Waals surface area contributed by atoms with Crippen LogP contribution in [0.1, 0.15) is 18.2 Å². The van der Waals surface area contributed by atoms with Crippen molar-refractivity contribution in [3.8, 4) is 16.9 Å². The van der Waals surface area contributed by atoms with Crippen LogP contribution in [0.5, 0.6) is 0 Å². The molecule has 0 atom stereocenters. The van der Waals surface area contributed by atoms with E-state index in [0.29, 0.717) is 17.5 Å². The fraction of sp³-hybridized carbons (Fsp3) is 0.217. The third-order valence-corrected chi connectivity index (χ3v) is 6.60. The van der Waals surface area contributed by atoms with Gasteiger partial charge in [-0.05, 0) is 48.9 Å². The molecule has 0 aliphatic carbocycles. The summed E-state index contributed by atoms with van der Waals surface area (Å²) in [6, 6.07) is 5.43. The van der Waals surface area contributed by atoms with Crippen molar-refractivity contribution in [2.24, 2.45) is 7.05 Å². The highest BCUT2D eigenvalue weighted by atomic mass is 32.2. The van der Waals surface area contributed by atoms with E-state index in [9.17, 15) is 4.79 Å². The third kappa shape index (κ3) is 2.96. The molecule has 5 rings (SSSR count). The standard InChI is InChI=1S/C23H21FN6OS/c1-5-13-6-17(24)22(26-9-13)30-21-15-7-14(16-10-27-28-12(16)2)20(32-4)8-18(15)25-11-19(21)29(3)23(30)31/h6-11H,5H2,1-4H3,(H,27,28). The van der Waals surface area contributed by atoms with Gasteiger partial charge in [-0.3, -0.25) is 14.6 Å². The Hall–Kier alpha value is -3.46. The third-order valence-electron chi connectivity index (χ3n) is 5.82. The molecule has 4 heterocycles. The summed E-state index contributed by atoms with van der Waals surface area (Å²) in [6.07, 6.45) is 7.78. The average molecular weight is 449 g/mol. The molecule has 1 N–H and O–H groups in total. The number of hydrogen-bond donors (Lipinski definition) is 1. The number of aryl methyl sites for hydroxylation is 3. The van der Waals surface area contributed by atoms with Gasteiger partial charge < -0.3 is 0 Å². The molecule has 0 saturated heterocycles. The minimum absolute atomic E-state index is 0.0136. The molecule has 9 heteroatoms. The van der Waals surface area contributed by atoms with E-state index < -0.39 is 5.82 Å². The van der Waals surface area contributed by atoms with Crippen LogP contribution in [-0.2, 0) is 13.5 Å². The number of pyridine rings is 2. The largest absolute Gasteiger partial charge is 0.334 e. The first-order valence-corrected chi connectivity index (χ1v) is 11.4. The number of hydrogen-bond acceptors (Lipinski definition) is 5. The van der Waals surface area contributed by atoms with Crippen LogP contribution in [0.4, 0.5) is 4.39 Å². The Morgan fingerprint density at radius 3 is 2.62 bits per heavy atom. The lowest BCUT2D eigenvalue weighted by atomic mass is 10.0. The summed E-state index contributed by atoms with van der Waals surface area (Å²) in [7, 11) is 1.66. The molecule has 4 aromatic heterocycles. The second-order valence-electron chi connectivity index (χ2n) is 7.63. The molecule has 5 aromatic rings. The van der Waals surface area contributed by atoms with E-state index in [1.165, 1.54) is 15.2 Å². The minimum atomic E-state index is -0.532. The minimum Gasteiger partial charge on any atom is -0.293 e. The van der Waals surface area contributed by atoms with Crippen molar-refractivity contribution < 1.29 is 4.39 Å². The number of fused-ring (bicyclic) bond motifs is 3. The smallest absolute Gasteiger partial charge is 0.293 e. The Morgan fingerprint density at radius 1 is 1.16 bits per heavy atom. The Morgan fingerprint density at radius 2 is 1.97 bits per heavy atom. The summed E-state index contributed by atoms with van der Waals surface area (Å²) in [4.78, 5) is 23.1. The molecule has 0 spiro atoms. The molecule has 0 fully saturated rings. The first-order valence-electron chi connectivity index (χ1n) is 10.2. The number of thioether (sulfide) groups is 1. The molecular weight excluding hydrogens is 427 g/mol. The van der Waals surface area contributed by atoms with Crippen molar-refractivity contribution in [3.05, 3.63) is 64.3 Å². The van der Waals surface area contributed by atoms with Gasteiger partial charge in [-0.25, -0.2) is 18.7 Å². The van der Waals surface area contributed by atoms with Crippen LogP contribution in [0.2, 0.25) is 0 Å². The molecule has 0 saturated carbocycles. The fourth-order valence-electron chi connectivity index (χ4n) is 4.06. The van der Waals surface area contributed by atoms with Gasteiger partial charge in [0.15, 0.2) is 11.6 Å². The van der Waals surface area contributed by atoms with Gasteiger partial charge in [-0.1, -0.05) is 6.92 Å². The maximum absolute atomic E-state index is 15.1. The van der Waals surface area contributed by atoms with Crippen LogP contribution in [0.3, 0.4) is 0 Å². The highest BCUT2D eigenvalue weighted by molar-refractivity contribution is 7.98. The number of H-pyrrole nitrogens is 1. The molecule has 7 nitrogen and oxygen atoms in total. The van der Waals surface area contributed by atoms with E-state index in [4.69, 9.17) is 0 Å². The van der Waals surface area contributed by atoms with Crippen molar-refractivity contribution in [3.63, 3.8) is 0 Å². The van der Waals surface area contributed by atoms with E-state index in [1.807, 2.05) is 38.4 Å². The van der Waals surface area contributed by atoms with Crippen LogP contribution in [0.25, 0.3) is 38.9 Å². The molecule has 0 amide bonds. The quantitative estimate of drug-likeness (QED) is 0.412. The first kappa shape index (κ1) is 20.4. The van der Waals surface area contributed by atoms with E-state index in [0.717, 1.165) is 38.2 Å². The van der Waals surface area contributed by atoms with Crippen molar-refractivity contribution in [2.75, 3.05) is 6.26 Å². The Bertz CT molecular complexity index is 1560. The van der Waals surface area contributed by atoms with Gasteiger partial charge in [0.2, 0.25) is 0 Å². The summed E-state index contributed by atoms with van der Waals surface area (Å²) in [5.41, 5.74) is 5.11. The Balaban J connectivity index is 1.92. The van der Waals surface area contributed by atoms with Crippen LogP contribution in [-0.4, -0.2) is 35.6 Å². The van der Waals surface area contributed by atoms with E-state index in [2.05, 4.69) is 20.2 Å². The lowest BCUT2D eigenvalue weighted by Crippen LogP contribution is -2.22. The predicted molar refractivity (Wildman–Crippen MR) is 125 cm³/mol. The lowest BCUT2D eigenvalue weighted by Gasteiger charge is -2.11. The molecule has 0 bridgehead atoms. The maximum atomic E-state index is 15.1. The van der Waals surface area contributed by atoms with E-state index in [1.54, 1.807) is 31.2 Å². The van der Waals surface area contributed by atoms with Gasteiger partial charge >= 0.3 is 5.69 Å². The average Bonchev–Trinajstić information content (AvgIpc) is 3.34. The van der Waals surface area contributed by atoms with E-state index in [-0.39, 0.29) is 11.5 Å². The molecule has 0 unspecified atom stereocenters. The van der Waals surface area contributed by atoms with Crippen LogP contribution >= 0.6 is 11.8 Å². The Labute approximate surface area is 187 Å². The van der Waals surface area contributed by atoms with Gasteiger partial charge in [0.25, 0.3) is 0 Å². The number of halogens is 1.